The maximum atomic E-state index is 12.7. The highest BCUT2D eigenvalue weighted by atomic mass is 16.6. The van der Waals surface area contributed by atoms with Crippen molar-refractivity contribution in [1.29, 1.82) is 0 Å². The SMILES string of the molecule is COc1cc([N+](=O)[O-])ccc1N1C(=O)C2CC=C(C)CC2C1=O. The van der Waals surface area contributed by atoms with E-state index in [0.29, 0.717) is 12.8 Å². The fraction of sp³-hybridized carbons (Fsp3) is 0.375. The van der Waals surface area contributed by atoms with Gasteiger partial charge in [0.05, 0.1) is 35.6 Å². The predicted octanol–water partition coefficient (Wildman–Crippen LogP) is 2.45. The third kappa shape index (κ3) is 2.38. The van der Waals surface area contributed by atoms with Crippen molar-refractivity contribution < 1.29 is 19.2 Å². The van der Waals surface area contributed by atoms with Crippen LogP contribution in [-0.4, -0.2) is 23.8 Å². The van der Waals surface area contributed by atoms with Gasteiger partial charge in [-0.3, -0.25) is 19.7 Å². The van der Waals surface area contributed by atoms with E-state index in [-0.39, 0.29) is 40.8 Å². The van der Waals surface area contributed by atoms with Crippen LogP contribution in [0.1, 0.15) is 19.8 Å². The number of rotatable bonds is 3. The predicted molar refractivity (Wildman–Crippen MR) is 82.1 cm³/mol. The fourth-order valence-corrected chi connectivity index (χ4v) is 3.24. The Morgan fingerprint density at radius 2 is 1.96 bits per heavy atom. The Morgan fingerprint density at radius 1 is 1.26 bits per heavy atom. The number of imide groups is 1. The van der Waals surface area contributed by atoms with Crippen molar-refractivity contribution >= 4 is 23.2 Å². The van der Waals surface area contributed by atoms with E-state index in [2.05, 4.69) is 0 Å². The van der Waals surface area contributed by atoms with Crippen molar-refractivity contribution in [3.8, 4) is 5.75 Å². The van der Waals surface area contributed by atoms with Crippen LogP contribution in [0.5, 0.6) is 5.75 Å². The summed E-state index contributed by atoms with van der Waals surface area (Å²) in [6.45, 7) is 1.95. The number of carbonyl (C=O) groups is 2. The summed E-state index contributed by atoms with van der Waals surface area (Å²) in [5.74, 6) is -1.10. The second kappa shape index (κ2) is 5.49. The molecule has 2 amide bonds. The molecule has 1 aliphatic carbocycles. The van der Waals surface area contributed by atoms with Gasteiger partial charge in [-0.25, -0.2) is 4.90 Å². The van der Waals surface area contributed by atoms with E-state index in [1.807, 2.05) is 13.0 Å². The molecule has 1 aromatic carbocycles. The van der Waals surface area contributed by atoms with Gasteiger partial charge in [-0.15, -0.1) is 0 Å². The summed E-state index contributed by atoms with van der Waals surface area (Å²) in [5, 5.41) is 10.9. The van der Waals surface area contributed by atoms with Gasteiger partial charge in [0.2, 0.25) is 11.8 Å². The van der Waals surface area contributed by atoms with Crippen LogP contribution in [0, 0.1) is 22.0 Å². The lowest BCUT2D eigenvalue weighted by atomic mass is 9.82. The maximum absolute atomic E-state index is 12.7. The standard InChI is InChI=1S/C16H16N2O5/c1-9-3-5-11-12(7-9)16(20)17(15(11)19)13-6-4-10(18(21)22)8-14(13)23-2/h3-4,6,8,11-12H,5,7H2,1-2H3. The Bertz CT molecular complexity index is 740. The minimum atomic E-state index is -0.549. The summed E-state index contributed by atoms with van der Waals surface area (Å²) >= 11 is 0. The van der Waals surface area contributed by atoms with Crippen LogP contribution < -0.4 is 9.64 Å². The van der Waals surface area contributed by atoms with E-state index in [0.717, 1.165) is 10.5 Å². The molecule has 1 saturated heterocycles. The van der Waals surface area contributed by atoms with Crippen molar-refractivity contribution in [2.24, 2.45) is 11.8 Å². The summed E-state index contributed by atoms with van der Waals surface area (Å²) in [7, 11) is 1.35. The molecule has 23 heavy (non-hydrogen) atoms. The zero-order valence-electron chi connectivity index (χ0n) is 12.8. The molecule has 1 heterocycles. The van der Waals surface area contributed by atoms with Crippen LogP contribution in [0.4, 0.5) is 11.4 Å². The van der Waals surface area contributed by atoms with Crippen molar-refractivity contribution in [2.75, 3.05) is 12.0 Å². The lowest BCUT2D eigenvalue weighted by Gasteiger charge is -2.19. The molecule has 3 rings (SSSR count). The fourth-order valence-electron chi connectivity index (χ4n) is 3.24. The molecule has 0 radical (unpaired) electrons. The molecule has 0 spiro atoms. The van der Waals surface area contributed by atoms with Crippen molar-refractivity contribution in [3.63, 3.8) is 0 Å². The monoisotopic (exact) mass is 316 g/mol. The van der Waals surface area contributed by atoms with E-state index in [1.165, 1.54) is 25.3 Å². The topological polar surface area (TPSA) is 89.8 Å². The summed E-state index contributed by atoms with van der Waals surface area (Å²) in [4.78, 5) is 36.7. The average molecular weight is 316 g/mol. The van der Waals surface area contributed by atoms with Crippen LogP contribution in [-0.2, 0) is 9.59 Å². The Kier molecular flexibility index (Phi) is 3.63. The molecule has 2 aliphatic rings. The third-order valence-corrected chi connectivity index (χ3v) is 4.44. The number of carbonyl (C=O) groups excluding carboxylic acids is 2. The molecule has 120 valence electrons. The quantitative estimate of drug-likeness (QED) is 0.370. The number of amides is 2. The molecule has 1 fully saturated rings. The molecular formula is C16H16N2O5. The number of hydrogen-bond acceptors (Lipinski definition) is 5. The smallest absolute Gasteiger partial charge is 0.273 e. The molecule has 2 atom stereocenters. The third-order valence-electron chi connectivity index (χ3n) is 4.44. The number of nitro groups is 1. The second-order valence-electron chi connectivity index (χ2n) is 5.83. The lowest BCUT2D eigenvalue weighted by molar-refractivity contribution is -0.384. The highest BCUT2D eigenvalue weighted by Crippen LogP contribution is 2.42. The first-order chi connectivity index (χ1) is 10.9. The first kappa shape index (κ1) is 15.2. The first-order valence-electron chi connectivity index (χ1n) is 7.30. The number of benzene rings is 1. The van der Waals surface area contributed by atoms with Gasteiger partial charge in [0, 0.05) is 6.07 Å². The van der Waals surface area contributed by atoms with Gasteiger partial charge in [-0.2, -0.15) is 0 Å². The Morgan fingerprint density at radius 3 is 2.61 bits per heavy atom. The maximum Gasteiger partial charge on any atom is 0.273 e. The molecular weight excluding hydrogens is 300 g/mol. The van der Waals surface area contributed by atoms with Gasteiger partial charge in [-0.1, -0.05) is 11.6 Å². The number of non-ortho nitro benzene ring substituents is 1. The van der Waals surface area contributed by atoms with Gasteiger partial charge in [0.25, 0.3) is 5.69 Å². The van der Waals surface area contributed by atoms with E-state index >= 15 is 0 Å². The largest absolute Gasteiger partial charge is 0.494 e. The van der Waals surface area contributed by atoms with Gasteiger partial charge in [0.1, 0.15) is 5.75 Å². The van der Waals surface area contributed by atoms with Crippen molar-refractivity contribution in [3.05, 3.63) is 40.0 Å². The van der Waals surface area contributed by atoms with Crippen LogP contribution in [0.15, 0.2) is 29.8 Å². The molecule has 1 aliphatic heterocycles. The average Bonchev–Trinajstić information content (AvgIpc) is 2.77. The second-order valence-corrected chi connectivity index (χ2v) is 5.83. The molecule has 0 aromatic heterocycles. The normalized spacial score (nSPS) is 23.6. The van der Waals surface area contributed by atoms with Gasteiger partial charge >= 0.3 is 0 Å². The van der Waals surface area contributed by atoms with Crippen molar-refractivity contribution in [2.45, 2.75) is 19.8 Å². The number of nitro benzene ring substituents is 1. The number of allylic oxidation sites excluding steroid dienone is 2. The van der Waals surface area contributed by atoms with E-state index in [1.54, 1.807) is 0 Å². The Hall–Kier alpha value is -2.70. The van der Waals surface area contributed by atoms with Crippen LogP contribution >= 0.6 is 0 Å². The molecule has 0 bridgehead atoms. The minimum absolute atomic E-state index is 0.143. The lowest BCUT2D eigenvalue weighted by Crippen LogP contribution is -2.31. The summed E-state index contributed by atoms with van der Waals surface area (Å²) in [5.41, 5.74) is 1.21. The molecule has 0 saturated carbocycles. The van der Waals surface area contributed by atoms with Gasteiger partial charge in [0.15, 0.2) is 0 Å². The molecule has 2 unspecified atom stereocenters. The molecule has 0 N–H and O–H groups in total. The highest BCUT2D eigenvalue weighted by Gasteiger charge is 2.49. The molecule has 7 nitrogen and oxygen atoms in total. The number of fused-ring (bicyclic) bond motifs is 1. The van der Waals surface area contributed by atoms with Gasteiger partial charge in [-0.05, 0) is 25.8 Å². The number of hydrogen-bond donors (Lipinski definition) is 0. The Labute approximate surface area is 132 Å². The van der Waals surface area contributed by atoms with E-state index in [9.17, 15) is 19.7 Å². The summed E-state index contributed by atoms with van der Waals surface area (Å²) in [6.07, 6.45) is 3.11. The molecule has 7 heteroatoms. The van der Waals surface area contributed by atoms with E-state index < -0.39 is 4.92 Å². The summed E-state index contributed by atoms with van der Waals surface area (Å²) < 4.78 is 5.16. The first-order valence-corrected chi connectivity index (χ1v) is 7.30. The van der Waals surface area contributed by atoms with Crippen molar-refractivity contribution in [1.82, 2.24) is 0 Å². The van der Waals surface area contributed by atoms with Crippen LogP contribution in [0.2, 0.25) is 0 Å². The van der Waals surface area contributed by atoms with Crippen LogP contribution in [0.25, 0.3) is 0 Å². The van der Waals surface area contributed by atoms with Gasteiger partial charge < -0.3 is 4.74 Å². The highest BCUT2D eigenvalue weighted by molar-refractivity contribution is 6.23. The van der Waals surface area contributed by atoms with E-state index in [4.69, 9.17) is 4.74 Å². The number of methoxy groups -OCH3 is 1. The number of ether oxygens (including phenoxy) is 1. The number of nitrogens with zero attached hydrogens (tertiary/aromatic N) is 2. The molecule has 1 aromatic rings. The van der Waals surface area contributed by atoms with Crippen LogP contribution in [0.3, 0.4) is 0 Å². The minimum Gasteiger partial charge on any atom is -0.494 e. The zero-order valence-corrected chi connectivity index (χ0v) is 12.8. The summed E-state index contributed by atoms with van der Waals surface area (Å²) in [6, 6.07) is 3.88. The zero-order chi connectivity index (χ0) is 16.7. The Balaban J connectivity index is 2.01. The number of anilines is 1.